The van der Waals surface area contributed by atoms with E-state index >= 15 is 0 Å². The molecule has 3 N–H and O–H groups in total. The van der Waals surface area contributed by atoms with Crippen molar-refractivity contribution in [2.45, 2.75) is 44.2 Å². The summed E-state index contributed by atoms with van der Waals surface area (Å²) in [6.07, 6.45) is 6.66. The van der Waals surface area contributed by atoms with Gasteiger partial charge in [0.25, 0.3) is 0 Å². The van der Waals surface area contributed by atoms with Gasteiger partial charge < -0.3 is 19.9 Å². The van der Waals surface area contributed by atoms with Crippen LogP contribution in [0, 0.1) is 0 Å². The Balaban J connectivity index is 2.01. The van der Waals surface area contributed by atoms with Crippen LogP contribution in [0.3, 0.4) is 0 Å². The Kier molecular flexibility index (Phi) is 4.04. The van der Waals surface area contributed by atoms with Gasteiger partial charge >= 0.3 is 5.97 Å². The molecule has 100 valence electrons. The van der Waals surface area contributed by atoms with E-state index in [1.54, 1.807) is 6.07 Å². The highest BCUT2D eigenvalue weighted by Crippen LogP contribution is 2.28. The predicted octanol–water partition coefficient (Wildman–Crippen LogP) is 1.76. The summed E-state index contributed by atoms with van der Waals surface area (Å²) in [6.45, 7) is 0.506. The number of carboxylic acids is 1. The number of aliphatic hydroxyl groups excluding tert-OH is 1. The highest BCUT2D eigenvalue weighted by molar-refractivity contribution is 5.86. The third-order valence-electron chi connectivity index (χ3n) is 3.71. The molecule has 1 aliphatic rings. The molecule has 0 bridgehead atoms. The smallest absolute Gasteiger partial charge is 0.372 e. The van der Waals surface area contributed by atoms with Crippen LogP contribution in [-0.2, 0) is 6.54 Å². The molecule has 0 saturated heterocycles. The van der Waals surface area contributed by atoms with Crippen molar-refractivity contribution in [2.75, 3.05) is 6.61 Å². The summed E-state index contributed by atoms with van der Waals surface area (Å²) in [5.41, 5.74) is 0.367. The van der Waals surface area contributed by atoms with Gasteiger partial charge in [0.15, 0.2) is 0 Å². The Morgan fingerprint density at radius 3 is 2.72 bits per heavy atom. The van der Waals surface area contributed by atoms with Crippen LogP contribution in [0.2, 0.25) is 0 Å². The zero-order valence-electron chi connectivity index (χ0n) is 10.3. The SMILES string of the molecule is O=C(O)c1occc1CNC1(CO)CCCCC1. The monoisotopic (exact) mass is 253 g/mol. The third-order valence-corrected chi connectivity index (χ3v) is 3.71. The molecule has 1 aliphatic carbocycles. The van der Waals surface area contributed by atoms with E-state index < -0.39 is 5.97 Å². The average Bonchev–Trinajstić information content (AvgIpc) is 2.86. The minimum Gasteiger partial charge on any atom is -0.475 e. The summed E-state index contributed by atoms with van der Waals surface area (Å²) in [7, 11) is 0. The Morgan fingerprint density at radius 1 is 1.39 bits per heavy atom. The molecule has 1 aromatic heterocycles. The molecule has 0 aromatic carbocycles. The average molecular weight is 253 g/mol. The molecule has 0 unspecified atom stereocenters. The van der Waals surface area contributed by atoms with Crippen LogP contribution in [0.4, 0.5) is 0 Å². The van der Waals surface area contributed by atoms with E-state index in [0.717, 1.165) is 25.7 Å². The van der Waals surface area contributed by atoms with Crippen LogP contribution in [0.25, 0.3) is 0 Å². The van der Waals surface area contributed by atoms with Gasteiger partial charge in [-0.2, -0.15) is 0 Å². The van der Waals surface area contributed by atoms with Gasteiger partial charge in [0, 0.05) is 17.6 Å². The maximum atomic E-state index is 10.9. The Morgan fingerprint density at radius 2 is 2.11 bits per heavy atom. The lowest BCUT2D eigenvalue weighted by atomic mass is 9.82. The number of nitrogens with one attached hydrogen (secondary N) is 1. The molecule has 5 heteroatoms. The third kappa shape index (κ3) is 2.73. The van der Waals surface area contributed by atoms with Crippen molar-refractivity contribution in [1.29, 1.82) is 0 Å². The van der Waals surface area contributed by atoms with E-state index in [4.69, 9.17) is 9.52 Å². The first kappa shape index (κ1) is 13.1. The number of rotatable bonds is 5. The minimum atomic E-state index is -1.06. The largest absolute Gasteiger partial charge is 0.475 e. The van der Waals surface area contributed by atoms with Crippen molar-refractivity contribution >= 4 is 5.97 Å². The van der Waals surface area contributed by atoms with Gasteiger partial charge in [-0.25, -0.2) is 4.79 Å². The molecular weight excluding hydrogens is 234 g/mol. The second kappa shape index (κ2) is 5.54. The maximum absolute atomic E-state index is 10.9. The Labute approximate surface area is 106 Å². The molecule has 0 spiro atoms. The number of furan rings is 1. The second-order valence-corrected chi connectivity index (χ2v) is 4.93. The van der Waals surface area contributed by atoms with Crippen LogP contribution in [-0.4, -0.2) is 28.3 Å². The van der Waals surface area contributed by atoms with Gasteiger partial charge in [-0.15, -0.1) is 0 Å². The summed E-state index contributed by atoms with van der Waals surface area (Å²) < 4.78 is 4.93. The van der Waals surface area contributed by atoms with Crippen LogP contribution in [0.15, 0.2) is 16.7 Å². The van der Waals surface area contributed by atoms with E-state index in [1.807, 2.05) is 0 Å². The molecule has 1 aromatic rings. The lowest BCUT2D eigenvalue weighted by Gasteiger charge is -2.36. The Bertz CT molecular complexity index is 407. The highest BCUT2D eigenvalue weighted by Gasteiger charge is 2.31. The van der Waals surface area contributed by atoms with E-state index in [9.17, 15) is 9.90 Å². The van der Waals surface area contributed by atoms with Gasteiger partial charge in [0.2, 0.25) is 5.76 Å². The highest BCUT2D eigenvalue weighted by atomic mass is 16.4. The molecule has 0 amide bonds. The lowest BCUT2D eigenvalue weighted by molar-refractivity contribution is 0.0659. The number of carboxylic acid groups (broad SMARTS) is 1. The molecule has 0 radical (unpaired) electrons. The normalized spacial score (nSPS) is 18.7. The van der Waals surface area contributed by atoms with Gasteiger partial charge in [-0.1, -0.05) is 19.3 Å². The first-order valence-electron chi connectivity index (χ1n) is 6.32. The first-order chi connectivity index (χ1) is 8.67. The number of aromatic carboxylic acids is 1. The molecule has 1 heterocycles. The molecule has 5 nitrogen and oxygen atoms in total. The summed E-state index contributed by atoms with van der Waals surface area (Å²) in [5.74, 6) is -1.08. The van der Waals surface area contributed by atoms with E-state index in [-0.39, 0.29) is 17.9 Å². The standard InChI is InChI=1S/C13H19NO4/c15-9-13(5-2-1-3-6-13)14-8-10-4-7-18-11(10)12(16)17/h4,7,14-15H,1-3,5-6,8-9H2,(H,16,17). The van der Waals surface area contributed by atoms with E-state index in [0.29, 0.717) is 12.1 Å². The van der Waals surface area contributed by atoms with Gasteiger partial charge in [0.05, 0.1) is 12.9 Å². The predicted molar refractivity (Wildman–Crippen MR) is 65.4 cm³/mol. The fraction of sp³-hybridized carbons (Fsp3) is 0.615. The fourth-order valence-electron chi connectivity index (χ4n) is 2.56. The minimum absolute atomic E-state index is 0.0219. The van der Waals surface area contributed by atoms with E-state index in [2.05, 4.69) is 5.32 Å². The molecule has 0 atom stereocenters. The summed E-state index contributed by atoms with van der Waals surface area (Å²) in [5, 5.41) is 21.8. The van der Waals surface area contributed by atoms with Gasteiger partial charge in [-0.3, -0.25) is 0 Å². The van der Waals surface area contributed by atoms with Crippen LogP contribution in [0.5, 0.6) is 0 Å². The maximum Gasteiger partial charge on any atom is 0.372 e. The van der Waals surface area contributed by atoms with Crippen LogP contribution < -0.4 is 5.32 Å². The quantitative estimate of drug-likeness (QED) is 0.744. The van der Waals surface area contributed by atoms with E-state index in [1.165, 1.54) is 12.7 Å². The van der Waals surface area contributed by atoms with Crippen molar-refractivity contribution < 1.29 is 19.4 Å². The van der Waals surface area contributed by atoms with Crippen molar-refractivity contribution in [3.05, 3.63) is 23.7 Å². The fourth-order valence-corrected chi connectivity index (χ4v) is 2.56. The zero-order chi connectivity index (χ0) is 13.0. The second-order valence-electron chi connectivity index (χ2n) is 4.93. The first-order valence-corrected chi connectivity index (χ1v) is 6.32. The van der Waals surface area contributed by atoms with Crippen molar-refractivity contribution in [1.82, 2.24) is 5.32 Å². The topological polar surface area (TPSA) is 82.7 Å². The Hall–Kier alpha value is -1.33. The molecule has 0 aliphatic heterocycles. The summed E-state index contributed by atoms with van der Waals surface area (Å²) in [6, 6.07) is 1.66. The lowest BCUT2D eigenvalue weighted by Crippen LogP contribution is -2.49. The molecule has 1 saturated carbocycles. The summed E-state index contributed by atoms with van der Waals surface area (Å²) >= 11 is 0. The molecule has 18 heavy (non-hydrogen) atoms. The van der Waals surface area contributed by atoms with Gasteiger partial charge in [0.1, 0.15) is 0 Å². The van der Waals surface area contributed by atoms with Crippen molar-refractivity contribution in [2.24, 2.45) is 0 Å². The number of hydrogen-bond donors (Lipinski definition) is 3. The van der Waals surface area contributed by atoms with Gasteiger partial charge in [-0.05, 0) is 18.9 Å². The number of aliphatic hydroxyl groups is 1. The molecule has 2 rings (SSSR count). The van der Waals surface area contributed by atoms with Crippen LogP contribution >= 0.6 is 0 Å². The number of hydrogen-bond acceptors (Lipinski definition) is 4. The molecular formula is C13H19NO4. The van der Waals surface area contributed by atoms with Crippen molar-refractivity contribution in [3.8, 4) is 0 Å². The van der Waals surface area contributed by atoms with Crippen LogP contribution in [0.1, 0.15) is 48.2 Å². The molecule has 1 fully saturated rings. The zero-order valence-corrected chi connectivity index (χ0v) is 10.3. The number of carbonyl (C=O) groups is 1. The van der Waals surface area contributed by atoms with Crippen molar-refractivity contribution in [3.63, 3.8) is 0 Å². The summed E-state index contributed by atoms with van der Waals surface area (Å²) in [4.78, 5) is 10.9.